The maximum absolute atomic E-state index is 11.7. The highest BCUT2D eigenvalue weighted by atomic mass is 35.5. The van der Waals surface area contributed by atoms with Gasteiger partial charge in [-0.3, -0.25) is 19.4 Å². The van der Waals surface area contributed by atoms with Crippen molar-refractivity contribution in [3.8, 4) is 45.4 Å². The van der Waals surface area contributed by atoms with Gasteiger partial charge >= 0.3 is 0 Å². The number of likely N-dealkylation sites (tertiary alicyclic amines) is 4. The number of aromatic nitrogens is 2. The van der Waals surface area contributed by atoms with E-state index in [1.54, 1.807) is 28.1 Å². The molecule has 0 radical (unpaired) electrons. The summed E-state index contributed by atoms with van der Waals surface area (Å²) in [6.07, 6.45) is 4.37. The number of amides is 2. The fraction of sp³-hybridized carbons (Fsp3) is 0.455. The quantitative estimate of drug-likeness (QED) is 0.170. The molecule has 2 amide bonds. The Morgan fingerprint density at radius 2 is 0.946 bits per heavy atom. The summed E-state index contributed by atoms with van der Waals surface area (Å²) in [6.45, 7) is 12.3. The van der Waals surface area contributed by atoms with Gasteiger partial charge in [0.15, 0.2) is 0 Å². The summed E-state index contributed by atoms with van der Waals surface area (Å²) in [5, 5.41) is 1.10. The predicted octanol–water partition coefficient (Wildman–Crippen LogP) is 7.69. The largest absolute Gasteiger partial charge is 0.481 e. The van der Waals surface area contributed by atoms with Crippen LogP contribution in [0.3, 0.4) is 0 Å². The number of nitrogens with zero attached hydrogens (tertiary/aromatic N) is 6. The van der Waals surface area contributed by atoms with Gasteiger partial charge in [0.2, 0.25) is 23.6 Å². The Morgan fingerprint density at radius 3 is 1.29 bits per heavy atom. The highest BCUT2D eigenvalue weighted by Crippen LogP contribution is 2.44. The first-order valence-electron chi connectivity index (χ1n) is 19.6. The van der Waals surface area contributed by atoms with Crippen molar-refractivity contribution in [1.82, 2.24) is 29.6 Å². The summed E-state index contributed by atoms with van der Waals surface area (Å²) in [6, 6.07) is 20.0. The van der Waals surface area contributed by atoms with Crippen LogP contribution in [0.5, 0.6) is 11.8 Å². The van der Waals surface area contributed by atoms with Crippen molar-refractivity contribution in [2.45, 2.75) is 52.6 Å². The van der Waals surface area contributed by atoms with Gasteiger partial charge in [-0.05, 0) is 64.0 Å². The van der Waals surface area contributed by atoms with E-state index in [1.165, 1.54) is 0 Å². The van der Waals surface area contributed by atoms with E-state index < -0.39 is 0 Å². The Balaban J connectivity index is 0.963. The molecule has 0 N–H and O–H groups in total. The lowest BCUT2D eigenvalue weighted by Crippen LogP contribution is -2.61. The van der Waals surface area contributed by atoms with Gasteiger partial charge in [-0.2, -0.15) is 0 Å². The monoisotopic (exact) mass is 796 g/mol. The number of halogens is 2. The van der Waals surface area contributed by atoms with E-state index in [0.29, 0.717) is 21.8 Å². The Bertz CT molecular complexity index is 1980. The summed E-state index contributed by atoms with van der Waals surface area (Å²) < 4.78 is 11.6. The van der Waals surface area contributed by atoms with Crippen molar-refractivity contribution in [2.75, 3.05) is 66.6 Å². The second kappa shape index (κ2) is 15.6. The normalized spacial score (nSPS) is 19.1. The zero-order chi connectivity index (χ0) is 39.2. The minimum absolute atomic E-state index is 0.174. The third-order valence-electron chi connectivity index (χ3n) is 12.7. The molecule has 2 aromatic heterocycles. The van der Waals surface area contributed by atoms with E-state index >= 15 is 0 Å². The van der Waals surface area contributed by atoms with E-state index in [4.69, 9.17) is 42.6 Å². The first-order valence-corrected chi connectivity index (χ1v) is 20.4. The molecule has 0 saturated carbocycles. The van der Waals surface area contributed by atoms with Gasteiger partial charge in [0.25, 0.3) is 0 Å². The van der Waals surface area contributed by atoms with Crippen molar-refractivity contribution in [1.29, 1.82) is 0 Å². The van der Waals surface area contributed by atoms with E-state index in [-0.39, 0.29) is 22.6 Å². The summed E-state index contributed by atoms with van der Waals surface area (Å²) in [4.78, 5) is 42.1. The summed E-state index contributed by atoms with van der Waals surface area (Å²) in [5.41, 5.74) is 7.24. The van der Waals surface area contributed by atoms with Gasteiger partial charge < -0.3 is 19.3 Å². The Morgan fingerprint density at radius 1 is 0.589 bits per heavy atom. The minimum Gasteiger partial charge on any atom is -0.481 e. The molecule has 294 valence electrons. The third kappa shape index (κ3) is 7.49. The lowest BCUT2D eigenvalue weighted by atomic mass is 9.72. The average molecular weight is 798 g/mol. The Hall–Kier alpha value is -4.22. The molecule has 0 bridgehead atoms. The fourth-order valence-corrected chi connectivity index (χ4v) is 9.81. The number of hydrogen-bond acceptors (Lipinski definition) is 8. The highest BCUT2D eigenvalue weighted by molar-refractivity contribution is 6.39. The number of carbonyl (C=O) groups excluding carboxylic acids is 2. The molecule has 0 atom stereocenters. The molecule has 0 aliphatic carbocycles. The number of hydrogen-bond donors (Lipinski definition) is 0. The molecule has 6 heterocycles. The molecular weight excluding hydrogens is 747 g/mol. The molecular formula is C44H50Cl2N6O4. The predicted molar refractivity (Wildman–Crippen MR) is 220 cm³/mol. The van der Waals surface area contributed by atoms with E-state index in [9.17, 15) is 9.59 Å². The number of pyridine rings is 2. The molecule has 4 saturated heterocycles. The summed E-state index contributed by atoms with van der Waals surface area (Å²) in [7, 11) is 3.32. The molecule has 12 heteroatoms. The van der Waals surface area contributed by atoms with Crippen LogP contribution in [0.4, 0.5) is 0 Å². The van der Waals surface area contributed by atoms with Crippen LogP contribution in [0.1, 0.15) is 50.7 Å². The lowest BCUT2D eigenvalue weighted by molar-refractivity contribution is -0.145. The molecule has 4 aliphatic rings. The van der Waals surface area contributed by atoms with Crippen molar-refractivity contribution >= 4 is 35.0 Å². The van der Waals surface area contributed by atoms with Crippen molar-refractivity contribution in [2.24, 2.45) is 10.8 Å². The number of benzene rings is 2. The van der Waals surface area contributed by atoms with Gasteiger partial charge in [-0.25, -0.2) is 9.97 Å². The van der Waals surface area contributed by atoms with Crippen LogP contribution in [0, 0.1) is 10.8 Å². The molecule has 0 unspecified atom stereocenters. The standard InChI is InChI=1S/C44H50Cl2N6O4/c1-29(53)51-25-43(26-51)15-19-49(20-16-43)23-31-11-13-37(47-41(31)55-3)35-9-5-7-33(39(35)45)34-8-6-10-36(40(34)46)38-14-12-32(42(48-38)56-4)24-50-21-17-44(18-22-50)27-52(28-44)30(2)54/h5-14H,15-28H2,1-4H3. The number of methoxy groups -OCH3 is 2. The van der Waals surface area contributed by atoms with Crippen molar-refractivity contribution in [3.63, 3.8) is 0 Å². The molecule has 2 aromatic carbocycles. The number of carbonyl (C=O) groups is 2. The first-order chi connectivity index (χ1) is 27.0. The number of rotatable bonds is 9. The number of piperidine rings is 2. The summed E-state index contributed by atoms with van der Waals surface area (Å²) >= 11 is 14.4. The molecule has 4 fully saturated rings. The van der Waals surface area contributed by atoms with Crippen LogP contribution < -0.4 is 9.47 Å². The molecule has 56 heavy (non-hydrogen) atoms. The van der Waals surface area contributed by atoms with Crippen LogP contribution in [-0.2, 0) is 22.7 Å². The average Bonchev–Trinajstić information content (AvgIpc) is 3.17. The van der Waals surface area contributed by atoms with E-state index in [0.717, 1.165) is 136 Å². The van der Waals surface area contributed by atoms with E-state index in [2.05, 4.69) is 21.9 Å². The maximum atomic E-state index is 11.7. The van der Waals surface area contributed by atoms with Crippen LogP contribution in [0.15, 0.2) is 60.7 Å². The smallest absolute Gasteiger partial charge is 0.219 e. The minimum atomic E-state index is 0.174. The van der Waals surface area contributed by atoms with Gasteiger partial charge in [-0.15, -0.1) is 0 Å². The third-order valence-corrected chi connectivity index (χ3v) is 13.5. The lowest BCUT2D eigenvalue weighted by Gasteiger charge is -2.53. The van der Waals surface area contributed by atoms with Gasteiger partial charge in [0.05, 0.1) is 35.7 Å². The second-order valence-electron chi connectivity index (χ2n) is 16.4. The van der Waals surface area contributed by atoms with Crippen LogP contribution >= 0.6 is 23.2 Å². The first kappa shape index (κ1) is 38.6. The van der Waals surface area contributed by atoms with Gasteiger partial charge in [0.1, 0.15) is 0 Å². The number of ether oxygens (including phenoxy) is 2. The van der Waals surface area contributed by atoms with Gasteiger partial charge in [0, 0.05) is 97.3 Å². The summed E-state index contributed by atoms with van der Waals surface area (Å²) in [5.74, 6) is 1.52. The van der Waals surface area contributed by atoms with Crippen LogP contribution in [0.2, 0.25) is 10.0 Å². The Labute approximate surface area is 339 Å². The molecule has 4 aliphatic heterocycles. The van der Waals surface area contributed by atoms with Crippen molar-refractivity contribution in [3.05, 3.63) is 81.8 Å². The zero-order valence-electron chi connectivity index (χ0n) is 32.7. The van der Waals surface area contributed by atoms with E-state index in [1.807, 2.05) is 58.3 Å². The molecule has 10 nitrogen and oxygen atoms in total. The fourth-order valence-electron chi connectivity index (χ4n) is 9.17. The SMILES string of the molecule is COc1nc(-c2cccc(-c3cccc(-c4ccc(CN5CCC6(CC5)CN(C(C)=O)C6)c(OC)n4)c3Cl)c2Cl)ccc1CN1CCC2(CC1)CN(C(C)=O)C2. The molecule has 2 spiro atoms. The molecule has 8 rings (SSSR count). The molecule has 4 aromatic rings. The van der Waals surface area contributed by atoms with Crippen LogP contribution in [-0.4, -0.2) is 108 Å². The topological polar surface area (TPSA) is 91.3 Å². The maximum Gasteiger partial charge on any atom is 0.219 e. The Kier molecular flexibility index (Phi) is 10.8. The van der Waals surface area contributed by atoms with Crippen LogP contribution in [0.25, 0.3) is 33.6 Å². The van der Waals surface area contributed by atoms with Gasteiger partial charge in [-0.1, -0.05) is 71.7 Å². The highest BCUT2D eigenvalue weighted by Gasteiger charge is 2.46. The van der Waals surface area contributed by atoms with Crippen molar-refractivity contribution < 1.29 is 19.1 Å². The second-order valence-corrected chi connectivity index (χ2v) is 17.1. The zero-order valence-corrected chi connectivity index (χ0v) is 34.3.